The van der Waals surface area contributed by atoms with Crippen LogP contribution in [0.5, 0.6) is 0 Å². The number of ether oxygens (including phenoxy) is 4. The maximum absolute atomic E-state index is 11.0. The van der Waals surface area contributed by atoms with Gasteiger partial charge in [-0.25, -0.2) is 0 Å². The molecule has 0 saturated carbocycles. The van der Waals surface area contributed by atoms with Crippen LogP contribution in [-0.2, 0) is 28.5 Å². The highest BCUT2D eigenvalue weighted by Crippen LogP contribution is 2.28. The molecule has 7 nitrogen and oxygen atoms in total. The predicted molar refractivity (Wildman–Crippen MR) is 63.0 cm³/mol. The first-order chi connectivity index (χ1) is 8.86. The quantitative estimate of drug-likeness (QED) is 0.714. The number of hydrogen-bond donors (Lipinski definition) is 1. The molecule has 5 atom stereocenters. The molecule has 2 unspecified atom stereocenters. The Morgan fingerprint density at radius 1 is 1.26 bits per heavy atom. The first-order valence-corrected chi connectivity index (χ1v) is 6.03. The van der Waals surface area contributed by atoms with Crippen molar-refractivity contribution in [3.63, 3.8) is 0 Å². The molecule has 0 bridgehead atoms. The molecule has 1 rings (SSSR count). The fourth-order valence-corrected chi connectivity index (χ4v) is 1.95. The molecule has 0 aliphatic carbocycles. The number of carbonyl (C=O) groups excluding carboxylic acids is 2. The lowest BCUT2D eigenvalue weighted by atomic mass is 9.91. The summed E-state index contributed by atoms with van der Waals surface area (Å²) in [6.07, 6.45) is -3.26. The highest BCUT2D eigenvalue weighted by atomic mass is 16.7. The molecule has 0 amide bonds. The summed E-state index contributed by atoms with van der Waals surface area (Å²) >= 11 is 0. The van der Waals surface area contributed by atoms with Crippen molar-refractivity contribution in [2.45, 2.75) is 45.4 Å². The molecule has 1 saturated heterocycles. The number of aliphatic hydroxyl groups excluding tert-OH is 1. The van der Waals surface area contributed by atoms with Gasteiger partial charge in [-0.2, -0.15) is 0 Å². The highest BCUT2D eigenvalue weighted by Gasteiger charge is 2.45. The summed E-state index contributed by atoms with van der Waals surface area (Å²) in [6, 6.07) is 0. The van der Waals surface area contributed by atoms with Gasteiger partial charge in [0.2, 0.25) is 0 Å². The molecule has 7 heteroatoms. The Balaban J connectivity index is 2.72. The first kappa shape index (κ1) is 15.9. The number of methoxy groups -OCH3 is 1. The molecule has 0 aromatic heterocycles. The average molecular weight is 276 g/mol. The van der Waals surface area contributed by atoms with E-state index in [1.54, 1.807) is 6.92 Å². The van der Waals surface area contributed by atoms with Crippen LogP contribution in [0, 0.1) is 5.92 Å². The van der Waals surface area contributed by atoms with E-state index >= 15 is 0 Å². The number of aliphatic hydroxyl groups is 1. The van der Waals surface area contributed by atoms with E-state index < -0.39 is 36.5 Å². The highest BCUT2D eigenvalue weighted by molar-refractivity contribution is 5.66. The van der Waals surface area contributed by atoms with E-state index in [-0.39, 0.29) is 12.5 Å². The van der Waals surface area contributed by atoms with Crippen LogP contribution < -0.4 is 0 Å². The fourth-order valence-electron chi connectivity index (χ4n) is 1.95. The second-order valence-corrected chi connectivity index (χ2v) is 4.50. The van der Waals surface area contributed by atoms with Crippen molar-refractivity contribution < 1.29 is 33.6 Å². The lowest BCUT2D eigenvalue weighted by Gasteiger charge is -2.41. The van der Waals surface area contributed by atoms with Gasteiger partial charge in [-0.15, -0.1) is 0 Å². The van der Waals surface area contributed by atoms with Gasteiger partial charge in [0.25, 0.3) is 0 Å². The zero-order valence-corrected chi connectivity index (χ0v) is 11.5. The van der Waals surface area contributed by atoms with Gasteiger partial charge in [0.1, 0.15) is 18.8 Å². The Morgan fingerprint density at radius 3 is 2.37 bits per heavy atom. The SMILES string of the molecule is CO[C@@H]1OC(COC(C)=O)[C@H](C)[C@@H](O)C1OC(C)=O. The molecule has 0 aromatic carbocycles. The monoisotopic (exact) mass is 276 g/mol. The predicted octanol–water partition coefficient (Wildman–Crippen LogP) is -0.151. The third kappa shape index (κ3) is 4.15. The Labute approximate surface area is 111 Å². The molecule has 1 aliphatic heterocycles. The molecule has 1 N–H and O–H groups in total. The van der Waals surface area contributed by atoms with Gasteiger partial charge < -0.3 is 24.1 Å². The van der Waals surface area contributed by atoms with Crippen molar-refractivity contribution in [1.29, 1.82) is 0 Å². The molecule has 1 aliphatic rings. The number of esters is 2. The van der Waals surface area contributed by atoms with Crippen LogP contribution >= 0.6 is 0 Å². The second kappa shape index (κ2) is 6.83. The van der Waals surface area contributed by atoms with Crippen molar-refractivity contribution in [2.75, 3.05) is 13.7 Å². The van der Waals surface area contributed by atoms with Crippen LogP contribution in [0.1, 0.15) is 20.8 Å². The Kier molecular flexibility index (Phi) is 5.71. The van der Waals surface area contributed by atoms with E-state index in [0.717, 1.165) is 0 Å². The Morgan fingerprint density at radius 2 is 1.89 bits per heavy atom. The van der Waals surface area contributed by atoms with Gasteiger partial charge in [-0.1, -0.05) is 6.92 Å². The smallest absolute Gasteiger partial charge is 0.303 e. The minimum Gasteiger partial charge on any atom is -0.463 e. The summed E-state index contributed by atoms with van der Waals surface area (Å²) in [4.78, 5) is 21.8. The standard InChI is InChI=1S/C12H20O7/c1-6-9(5-17-7(2)13)19-12(16-4)11(10(6)15)18-8(3)14/h6,9-12,15H,5H2,1-4H3/t6-,9?,10+,11?,12+/m0/s1. The molecule has 19 heavy (non-hydrogen) atoms. The topological polar surface area (TPSA) is 91.3 Å². The molecule has 1 fully saturated rings. The fraction of sp³-hybridized carbons (Fsp3) is 0.833. The third-order valence-corrected chi connectivity index (χ3v) is 3.02. The van der Waals surface area contributed by atoms with E-state index in [2.05, 4.69) is 0 Å². The normalized spacial score (nSPS) is 34.7. The number of carbonyl (C=O) groups is 2. The minimum absolute atomic E-state index is 0.0141. The summed E-state index contributed by atoms with van der Waals surface area (Å²) < 4.78 is 20.5. The van der Waals surface area contributed by atoms with Crippen LogP contribution in [0.15, 0.2) is 0 Å². The van der Waals surface area contributed by atoms with Gasteiger partial charge in [-0.3, -0.25) is 9.59 Å². The summed E-state index contributed by atoms with van der Waals surface area (Å²) in [5.74, 6) is -1.32. The van der Waals surface area contributed by atoms with Crippen LogP contribution in [0.2, 0.25) is 0 Å². The van der Waals surface area contributed by atoms with Gasteiger partial charge in [0.05, 0.1) is 0 Å². The Hall–Kier alpha value is -1.18. The average Bonchev–Trinajstić information content (AvgIpc) is 2.33. The van der Waals surface area contributed by atoms with Gasteiger partial charge in [0, 0.05) is 26.9 Å². The third-order valence-electron chi connectivity index (χ3n) is 3.02. The lowest BCUT2D eigenvalue weighted by Crippen LogP contribution is -2.56. The molecule has 1 heterocycles. The van der Waals surface area contributed by atoms with E-state index in [4.69, 9.17) is 18.9 Å². The van der Waals surface area contributed by atoms with E-state index in [9.17, 15) is 14.7 Å². The van der Waals surface area contributed by atoms with Crippen molar-refractivity contribution in [2.24, 2.45) is 5.92 Å². The zero-order chi connectivity index (χ0) is 14.6. The van der Waals surface area contributed by atoms with Crippen LogP contribution in [0.25, 0.3) is 0 Å². The molecular formula is C12H20O7. The summed E-state index contributed by atoms with van der Waals surface area (Å²) in [7, 11) is 1.38. The van der Waals surface area contributed by atoms with Crippen molar-refractivity contribution >= 4 is 11.9 Å². The van der Waals surface area contributed by atoms with Gasteiger partial charge >= 0.3 is 11.9 Å². The minimum atomic E-state index is -0.955. The number of hydrogen-bond acceptors (Lipinski definition) is 7. The maximum atomic E-state index is 11.0. The molecule has 0 spiro atoms. The first-order valence-electron chi connectivity index (χ1n) is 6.03. The molecule has 0 radical (unpaired) electrons. The van der Waals surface area contributed by atoms with E-state index in [1.807, 2.05) is 0 Å². The van der Waals surface area contributed by atoms with E-state index in [1.165, 1.54) is 21.0 Å². The van der Waals surface area contributed by atoms with Crippen molar-refractivity contribution in [3.05, 3.63) is 0 Å². The van der Waals surface area contributed by atoms with Crippen LogP contribution in [0.3, 0.4) is 0 Å². The molecule has 110 valence electrons. The summed E-state index contributed by atoms with van der Waals surface area (Å²) in [6.45, 7) is 4.27. The maximum Gasteiger partial charge on any atom is 0.303 e. The van der Waals surface area contributed by atoms with Crippen molar-refractivity contribution in [1.82, 2.24) is 0 Å². The summed E-state index contributed by atoms with van der Waals surface area (Å²) in [5.41, 5.74) is 0. The largest absolute Gasteiger partial charge is 0.463 e. The van der Waals surface area contributed by atoms with E-state index in [0.29, 0.717) is 0 Å². The Bertz CT molecular complexity index is 326. The van der Waals surface area contributed by atoms with Crippen LogP contribution in [0.4, 0.5) is 0 Å². The van der Waals surface area contributed by atoms with Crippen molar-refractivity contribution in [3.8, 4) is 0 Å². The zero-order valence-electron chi connectivity index (χ0n) is 11.5. The van der Waals surface area contributed by atoms with Gasteiger partial charge in [0.15, 0.2) is 12.4 Å². The lowest BCUT2D eigenvalue weighted by molar-refractivity contribution is -0.285. The molecular weight excluding hydrogens is 256 g/mol. The second-order valence-electron chi connectivity index (χ2n) is 4.50. The number of rotatable bonds is 4. The van der Waals surface area contributed by atoms with Crippen LogP contribution in [-0.4, -0.2) is 55.4 Å². The summed E-state index contributed by atoms with van der Waals surface area (Å²) in [5, 5.41) is 10.1. The molecule has 0 aromatic rings. The van der Waals surface area contributed by atoms with Gasteiger partial charge in [-0.05, 0) is 0 Å².